The zero-order valence-electron chi connectivity index (χ0n) is 13.1. The average Bonchev–Trinajstić information content (AvgIpc) is 2.86. The zero-order chi connectivity index (χ0) is 15.5. The van der Waals surface area contributed by atoms with E-state index in [1.54, 1.807) is 0 Å². The largest absolute Gasteiger partial charge is 0.299 e. The van der Waals surface area contributed by atoms with E-state index >= 15 is 0 Å². The maximum Gasteiger partial charge on any atom is 0.148 e. The van der Waals surface area contributed by atoms with E-state index in [1.807, 2.05) is 18.2 Å². The van der Waals surface area contributed by atoms with E-state index in [-0.39, 0.29) is 5.92 Å². The van der Waals surface area contributed by atoms with Gasteiger partial charge in [-0.1, -0.05) is 43.2 Å². The van der Waals surface area contributed by atoms with Gasteiger partial charge in [0.05, 0.1) is 11.6 Å². The van der Waals surface area contributed by atoms with Gasteiger partial charge in [-0.2, -0.15) is 0 Å². The summed E-state index contributed by atoms with van der Waals surface area (Å²) in [4.78, 5) is 13.9. The van der Waals surface area contributed by atoms with Gasteiger partial charge >= 0.3 is 0 Å². The molecular formula is C18H23N3O. The van der Waals surface area contributed by atoms with Crippen molar-refractivity contribution in [3.63, 3.8) is 0 Å². The van der Waals surface area contributed by atoms with Crippen LogP contribution in [0.25, 0.3) is 0 Å². The molecule has 1 aromatic carbocycles. The first-order valence-electron chi connectivity index (χ1n) is 8.06. The fourth-order valence-electron chi connectivity index (χ4n) is 3.42. The Morgan fingerprint density at radius 2 is 2.18 bits per heavy atom. The number of hydrogen-bond acceptors (Lipinski definition) is 4. The summed E-state index contributed by atoms with van der Waals surface area (Å²) in [5.74, 6) is 8.13. The average molecular weight is 297 g/mol. The molecule has 0 radical (unpaired) electrons. The summed E-state index contributed by atoms with van der Waals surface area (Å²) in [6, 6.07) is 7.98. The molecule has 116 valence electrons. The van der Waals surface area contributed by atoms with Crippen molar-refractivity contribution in [2.45, 2.75) is 32.1 Å². The van der Waals surface area contributed by atoms with E-state index < -0.39 is 0 Å². The lowest BCUT2D eigenvalue weighted by molar-refractivity contribution is 0.287. The van der Waals surface area contributed by atoms with Gasteiger partial charge in [-0.05, 0) is 31.0 Å². The van der Waals surface area contributed by atoms with Crippen LogP contribution in [0.2, 0.25) is 0 Å². The number of carbonyl (C=O) groups excluding carboxylic acids is 1. The van der Waals surface area contributed by atoms with Crippen LogP contribution >= 0.6 is 0 Å². The fourth-order valence-corrected chi connectivity index (χ4v) is 3.42. The molecule has 2 heterocycles. The third kappa shape index (κ3) is 2.61. The van der Waals surface area contributed by atoms with Crippen molar-refractivity contribution in [3.8, 4) is 0 Å². The van der Waals surface area contributed by atoms with E-state index in [9.17, 15) is 4.79 Å². The second kappa shape index (κ2) is 6.49. The number of nitrogens with two attached hydrogens (primary N) is 1. The Hall–Kier alpha value is -1.87. The standard InChI is InChI=1S/C18H23N3O/c1-2-3-10-20-11-8-14(9-12-20)18-15-6-4-5-7-16(15)21(19)17(18)13-22/h4-8,18H,2-3,9-12,19H2,1H3. The first-order chi connectivity index (χ1) is 10.8. The van der Waals surface area contributed by atoms with Crippen molar-refractivity contribution in [1.29, 1.82) is 0 Å². The van der Waals surface area contributed by atoms with Crippen molar-refractivity contribution in [2.24, 2.45) is 5.84 Å². The summed E-state index contributed by atoms with van der Waals surface area (Å²) >= 11 is 0. The predicted octanol–water partition coefficient (Wildman–Crippen LogP) is 2.61. The van der Waals surface area contributed by atoms with Gasteiger partial charge in [-0.15, -0.1) is 0 Å². The topological polar surface area (TPSA) is 49.6 Å². The molecule has 1 aromatic rings. The summed E-state index contributed by atoms with van der Waals surface area (Å²) < 4.78 is 0. The summed E-state index contributed by atoms with van der Waals surface area (Å²) in [6.07, 6.45) is 5.73. The quantitative estimate of drug-likeness (QED) is 0.527. The normalized spacial score (nSPS) is 21.5. The van der Waals surface area contributed by atoms with Crippen molar-refractivity contribution in [1.82, 2.24) is 4.90 Å². The number of nitrogens with zero attached hydrogens (tertiary/aromatic N) is 2. The molecule has 4 heteroatoms. The molecule has 3 rings (SSSR count). The lowest BCUT2D eigenvalue weighted by atomic mass is 9.87. The van der Waals surface area contributed by atoms with Crippen molar-refractivity contribution in [3.05, 3.63) is 47.2 Å². The van der Waals surface area contributed by atoms with Gasteiger partial charge in [-0.25, -0.2) is 10.6 Å². The third-order valence-electron chi connectivity index (χ3n) is 4.67. The second-order valence-electron chi connectivity index (χ2n) is 6.03. The van der Waals surface area contributed by atoms with Gasteiger partial charge in [0, 0.05) is 13.1 Å². The molecule has 0 saturated carbocycles. The minimum absolute atomic E-state index is 0.0213. The molecule has 2 aliphatic rings. The van der Waals surface area contributed by atoms with E-state index in [4.69, 9.17) is 5.84 Å². The van der Waals surface area contributed by atoms with E-state index in [0.717, 1.165) is 37.3 Å². The van der Waals surface area contributed by atoms with Crippen molar-refractivity contribution in [2.75, 3.05) is 24.6 Å². The van der Waals surface area contributed by atoms with Gasteiger partial charge < -0.3 is 0 Å². The van der Waals surface area contributed by atoms with E-state index in [0.29, 0.717) is 5.70 Å². The smallest absolute Gasteiger partial charge is 0.148 e. The Balaban J connectivity index is 1.85. The molecule has 22 heavy (non-hydrogen) atoms. The molecule has 2 aliphatic heterocycles. The molecule has 0 amide bonds. The van der Waals surface area contributed by atoms with Crippen LogP contribution in [-0.4, -0.2) is 30.5 Å². The Bertz CT molecular complexity index is 631. The maximum absolute atomic E-state index is 11.4. The van der Waals surface area contributed by atoms with Gasteiger partial charge in [0.15, 0.2) is 0 Å². The highest BCUT2D eigenvalue weighted by Gasteiger charge is 2.36. The Labute approximate surface area is 131 Å². The van der Waals surface area contributed by atoms with Crippen LogP contribution in [0.15, 0.2) is 41.6 Å². The zero-order valence-corrected chi connectivity index (χ0v) is 13.1. The summed E-state index contributed by atoms with van der Waals surface area (Å²) in [6.45, 7) is 5.39. The van der Waals surface area contributed by atoms with Crippen LogP contribution in [0, 0.1) is 0 Å². The summed E-state index contributed by atoms with van der Waals surface area (Å²) in [5.41, 5.74) is 3.87. The lowest BCUT2D eigenvalue weighted by Gasteiger charge is -2.28. The predicted molar refractivity (Wildman–Crippen MR) is 89.1 cm³/mol. The maximum atomic E-state index is 11.4. The number of fused-ring (bicyclic) bond motifs is 1. The molecule has 0 fully saturated rings. The van der Waals surface area contributed by atoms with Crippen molar-refractivity contribution >= 4 is 11.6 Å². The number of unbranched alkanes of at least 4 members (excludes halogenated alkanes) is 1. The highest BCUT2D eigenvalue weighted by atomic mass is 16.1. The monoisotopic (exact) mass is 297 g/mol. The first kappa shape index (κ1) is 15.0. The van der Waals surface area contributed by atoms with Crippen LogP contribution in [0.1, 0.15) is 37.7 Å². The molecule has 2 N–H and O–H groups in total. The Kier molecular flexibility index (Phi) is 4.44. The number of hydrogen-bond donors (Lipinski definition) is 1. The Morgan fingerprint density at radius 1 is 1.36 bits per heavy atom. The number of allylic oxidation sites excluding steroid dienone is 1. The summed E-state index contributed by atoms with van der Waals surface area (Å²) in [5, 5.41) is 1.50. The van der Waals surface area contributed by atoms with Gasteiger partial charge in [0.25, 0.3) is 0 Å². The van der Waals surface area contributed by atoms with Crippen molar-refractivity contribution < 1.29 is 4.79 Å². The van der Waals surface area contributed by atoms with Crippen LogP contribution in [-0.2, 0) is 4.79 Å². The van der Waals surface area contributed by atoms with Crippen LogP contribution in [0.5, 0.6) is 0 Å². The number of benzene rings is 1. The molecule has 0 spiro atoms. The molecule has 1 atom stereocenters. The lowest BCUT2D eigenvalue weighted by Crippen LogP contribution is -2.32. The fraction of sp³-hybridized carbons (Fsp3) is 0.444. The van der Waals surface area contributed by atoms with Gasteiger partial charge in [0.1, 0.15) is 11.6 Å². The van der Waals surface area contributed by atoms with Crippen LogP contribution in [0.4, 0.5) is 5.69 Å². The molecule has 0 bridgehead atoms. The second-order valence-corrected chi connectivity index (χ2v) is 6.03. The molecule has 0 aliphatic carbocycles. The first-order valence-corrected chi connectivity index (χ1v) is 8.06. The number of rotatable bonds is 4. The number of para-hydroxylation sites is 1. The summed E-state index contributed by atoms with van der Waals surface area (Å²) in [7, 11) is 0. The van der Waals surface area contributed by atoms with Gasteiger partial charge in [0.2, 0.25) is 0 Å². The number of hydrazine groups is 1. The van der Waals surface area contributed by atoms with E-state index in [1.165, 1.54) is 23.4 Å². The Morgan fingerprint density at radius 3 is 2.86 bits per heavy atom. The van der Waals surface area contributed by atoms with E-state index in [2.05, 4.69) is 29.9 Å². The molecule has 4 nitrogen and oxygen atoms in total. The number of anilines is 1. The SMILES string of the molecule is CCCCN1CC=C(C2C(=C=O)N(N)c3ccccc32)CC1. The molecular weight excluding hydrogens is 274 g/mol. The molecule has 1 unspecified atom stereocenters. The third-order valence-corrected chi connectivity index (χ3v) is 4.67. The minimum Gasteiger partial charge on any atom is -0.299 e. The van der Waals surface area contributed by atoms with Gasteiger partial charge in [-0.3, -0.25) is 9.91 Å². The molecule has 0 saturated heterocycles. The highest BCUT2D eigenvalue weighted by molar-refractivity contribution is 5.77. The van der Waals surface area contributed by atoms with Crippen LogP contribution < -0.4 is 10.9 Å². The molecule has 0 aromatic heterocycles. The highest BCUT2D eigenvalue weighted by Crippen LogP contribution is 2.45. The minimum atomic E-state index is -0.0213. The van der Waals surface area contributed by atoms with Crippen LogP contribution in [0.3, 0.4) is 0 Å².